The van der Waals surface area contributed by atoms with Crippen LogP contribution in [0.5, 0.6) is 11.5 Å². The molecule has 0 amide bonds. The van der Waals surface area contributed by atoms with Crippen molar-refractivity contribution < 1.29 is 14.3 Å². The van der Waals surface area contributed by atoms with E-state index in [0.29, 0.717) is 26.0 Å². The molecule has 0 saturated carbocycles. The molecule has 4 nitrogen and oxygen atoms in total. The summed E-state index contributed by atoms with van der Waals surface area (Å²) in [6.07, 6.45) is 4.81. The molecular formula is C26H37NO3. The van der Waals surface area contributed by atoms with Gasteiger partial charge in [-0.3, -0.25) is 4.79 Å². The summed E-state index contributed by atoms with van der Waals surface area (Å²) in [5.74, 6) is 1.59. The fraction of sp³-hybridized carbons (Fsp3) is 0.500. The van der Waals surface area contributed by atoms with Gasteiger partial charge in [-0.05, 0) is 90.6 Å². The molecule has 0 heterocycles. The second-order valence-corrected chi connectivity index (χ2v) is 7.43. The van der Waals surface area contributed by atoms with Crippen LogP contribution >= 0.6 is 0 Å². The minimum atomic E-state index is -0.148. The first-order chi connectivity index (χ1) is 14.5. The Hall–Kier alpha value is -2.33. The molecule has 0 fully saturated rings. The van der Waals surface area contributed by atoms with Gasteiger partial charge in [-0.25, -0.2) is 0 Å². The quantitative estimate of drug-likeness (QED) is 0.483. The molecular weight excluding hydrogens is 374 g/mol. The summed E-state index contributed by atoms with van der Waals surface area (Å²) in [7, 11) is 0. The summed E-state index contributed by atoms with van der Waals surface area (Å²) in [6.45, 7) is 11.4. The Bertz CT molecular complexity index is 858. The first kappa shape index (κ1) is 23.9. The summed E-state index contributed by atoms with van der Waals surface area (Å²) < 4.78 is 11.5. The van der Waals surface area contributed by atoms with E-state index in [1.807, 2.05) is 13.0 Å². The molecule has 164 valence electrons. The zero-order valence-corrected chi connectivity index (χ0v) is 19.3. The number of aryl methyl sites for hydroxylation is 3. The second kappa shape index (κ2) is 11.8. The van der Waals surface area contributed by atoms with Gasteiger partial charge in [0, 0.05) is 13.0 Å². The summed E-state index contributed by atoms with van der Waals surface area (Å²) >= 11 is 0. The largest absolute Gasteiger partial charge is 0.466 e. The normalized spacial score (nSPS) is 10.9. The summed E-state index contributed by atoms with van der Waals surface area (Å²) in [5.41, 5.74) is 13.6. The average Bonchev–Trinajstić information content (AvgIpc) is 2.77. The van der Waals surface area contributed by atoms with Crippen LogP contribution in [0.3, 0.4) is 0 Å². The van der Waals surface area contributed by atoms with Crippen molar-refractivity contribution in [3.05, 3.63) is 57.6 Å². The van der Waals surface area contributed by atoms with Gasteiger partial charge >= 0.3 is 5.97 Å². The molecule has 0 aliphatic rings. The first-order valence-corrected chi connectivity index (χ1v) is 11.3. The molecule has 0 atom stereocenters. The van der Waals surface area contributed by atoms with Gasteiger partial charge in [-0.1, -0.05) is 33.8 Å². The number of carbonyl (C=O) groups is 1. The number of rotatable bonds is 11. The van der Waals surface area contributed by atoms with Crippen LogP contribution in [-0.4, -0.2) is 12.6 Å². The molecule has 0 saturated heterocycles. The third-order valence-electron chi connectivity index (χ3n) is 5.70. The fourth-order valence-electron chi connectivity index (χ4n) is 4.17. The van der Waals surface area contributed by atoms with Crippen molar-refractivity contribution >= 4 is 5.97 Å². The Labute approximate surface area is 181 Å². The molecule has 0 aliphatic heterocycles. The zero-order chi connectivity index (χ0) is 22.1. The number of esters is 1. The fourth-order valence-corrected chi connectivity index (χ4v) is 4.17. The van der Waals surface area contributed by atoms with E-state index in [9.17, 15) is 4.79 Å². The lowest BCUT2D eigenvalue weighted by Crippen LogP contribution is -2.10. The van der Waals surface area contributed by atoms with Gasteiger partial charge < -0.3 is 15.2 Å². The van der Waals surface area contributed by atoms with Crippen LogP contribution in [0, 0.1) is 0 Å². The third kappa shape index (κ3) is 5.63. The Morgan fingerprint density at radius 2 is 1.53 bits per heavy atom. The zero-order valence-electron chi connectivity index (χ0n) is 19.3. The SMILES string of the molecule is CCOC(=O)CCc1ccc(Oc2cc(CC)c(CC)c(CN)c2CC)cc1CC. The Balaban J connectivity index is 2.34. The van der Waals surface area contributed by atoms with E-state index >= 15 is 0 Å². The van der Waals surface area contributed by atoms with Crippen LogP contribution in [0.15, 0.2) is 24.3 Å². The van der Waals surface area contributed by atoms with E-state index < -0.39 is 0 Å². The molecule has 2 N–H and O–H groups in total. The van der Waals surface area contributed by atoms with Crippen LogP contribution in [0.25, 0.3) is 0 Å². The minimum absolute atomic E-state index is 0.148. The Morgan fingerprint density at radius 3 is 2.10 bits per heavy atom. The van der Waals surface area contributed by atoms with Gasteiger partial charge in [0.25, 0.3) is 0 Å². The van der Waals surface area contributed by atoms with E-state index in [2.05, 4.69) is 45.9 Å². The summed E-state index contributed by atoms with van der Waals surface area (Å²) in [5, 5.41) is 0. The van der Waals surface area contributed by atoms with Crippen LogP contribution in [0.1, 0.15) is 74.4 Å². The van der Waals surface area contributed by atoms with Crippen molar-refractivity contribution in [1.82, 2.24) is 0 Å². The highest BCUT2D eigenvalue weighted by Crippen LogP contribution is 2.34. The van der Waals surface area contributed by atoms with E-state index in [1.54, 1.807) is 0 Å². The monoisotopic (exact) mass is 411 g/mol. The molecule has 0 unspecified atom stereocenters. The van der Waals surface area contributed by atoms with E-state index in [-0.39, 0.29) is 5.97 Å². The molecule has 2 aromatic rings. The predicted octanol–water partition coefficient (Wildman–Crippen LogP) is 5.68. The maximum Gasteiger partial charge on any atom is 0.306 e. The predicted molar refractivity (Wildman–Crippen MR) is 123 cm³/mol. The second-order valence-electron chi connectivity index (χ2n) is 7.43. The van der Waals surface area contributed by atoms with Gasteiger partial charge in [-0.2, -0.15) is 0 Å². The topological polar surface area (TPSA) is 61.5 Å². The molecule has 0 aliphatic carbocycles. The number of ether oxygens (including phenoxy) is 2. The number of hydrogen-bond donors (Lipinski definition) is 1. The maximum atomic E-state index is 11.7. The van der Waals surface area contributed by atoms with Crippen molar-refractivity contribution in [3.63, 3.8) is 0 Å². The standard InChI is InChI=1S/C26H37NO3/c1-6-18-15-21(13-11-20(18)12-14-26(28)29-10-5)30-25-16-19(7-2)22(8-3)24(17-27)23(25)9-4/h11,13,15-16H,6-10,12,14,17,27H2,1-5H3. The molecule has 2 aromatic carbocycles. The Morgan fingerprint density at radius 1 is 0.833 bits per heavy atom. The van der Waals surface area contributed by atoms with Crippen LogP contribution in [0.4, 0.5) is 0 Å². The van der Waals surface area contributed by atoms with Crippen molar-refractivity contribution in [2.24, 2.45) is 5.73 Å². The van der Waals surface area contributed by atoms with E-state index in [0.717, 1.165) is 37.2 Å². The third-order valence-corrected chi connectivity index (χ3v) is 5.70. The van der Waals surface area contributed by atoms with Crippen molar-refractivity contribution in [2.75, 3.05) is 6.61 Å². The molecule has 2 rings (SSSR count). The molecule has 4 heteroatoms. The first-order valence-electron chi connectivity index (χ1n) is 11.3. The van der Waals surface area contributed by atoms with Crippen molar-refractivity contribution in [3.8, 4) is 11.5 Å². The molecule has 0 radical (unpaired) electrons. The van der Waals surface area contributed by atoms with Crippen LogP contribution in [-0.2, 0) is 48.2 Å². The molecule has 30 heavy (non-hydrogen) atoms. The molecule has 0 bridgehead atoms. The van der Waals surface area contributed by atoms with E-state index in [1.165, 1.54) is 33.4 Å². The number of carbonyl (C=O) groups excluding carboxylic acids is 1. The van der Waals surface area contributed by atoms with Gasteiger partial charge in [0.1, 0.15) is 11.5 Å². The highest BCUT2D eigenvalue weighted by Gasteiger charge is 2.16. The summed E-state index contributed by atoms with van der Waals surface area (Å²) in [6, 6.07) is 8.36. The van der Waals surface area contributed by atoms with Crippen LogP contribution < -0.4 is 10.5 Å². The van der Waals surface area contributed by atoms with Gasteiger partial charge in [0.2, 0.25) is 0 Å². The molecule has 0 aromatic heterocycles. The van der Waals surface area contributed by atoms with Gasteiger partial charge in [0.15, 0.2) is 0 Å². The van der Waals surface area contributed by atoms with Crippen molar-refractivity contribution in [1.29, 1.82) is 0 Å². The van der Waals surface area contributed by atoms with Gasteiger partial charge in [0.05, 0.1) is 6.61 Å². The average molecular weight is 412 g/mol. The lowest BCUT2D eigenvalue weighted by molar-refractivity contribution is -0.143. The minimum Gasteiger partial charge on any atom is -0.466 e. The number of benzene rings is 2. The van der Waals surface area contributed by atoms with Crippen molar-refractivity contribution in [2.45, 2.75) is 79.7 Å². The lowest BCUT2D eigenvalue weighted by Gasteiger charge is -2.21. The highest BCUT2D eigenvalue weighted by molar-refractivity contribution is 5.69. The lowest BCUT2D eigenvalue weighted by atomic mass is 9.91. The molecule has 0 spiro atoms. The van der Waals surface area contributed by atoms with E-state index in [4.69, 9.17) is 15.2 Å². The summed E-state index contributed by atoms with van der Waals surface area (Å²) in [4.78, 5) is 11.7. The van der Waals surface area contributed by atoms with Crippen LogP contribution in [0.2, 0.25) is 0 Å². The number of hydrogen-bond acceptors (Lipinski definition) is 4. The Kier molecular flexibility index (Phi) is 9.38. The smallest absolute Gasteiger partial charge is 0.306 e. The maximum absolute atomic E-state index is 11.7. The highest BCUT2D eigenvalue weighted by atomic mass is 16.5. The van der Waals surface area contributed by atoms with Gasteiger partial charge in [-0.15, -0.1) is 0 Å². The number of nitrogens with two attached hydrogens (primary N) is 1.